The van der Waals surface area contributed by atoms with Crippen molar-refractivity contribution in [3.8, 4) is 5.75 Å². The second-order valence-electron chi connectivity index (χ2n) is 8.87. The number of nitrogens with one attached hydrogen (secondary N) is 2. The van der Waals surface area contributed by atoms with E-state index in [1.807, 2.05) is 26.8 Å². The molecule has 33 heavy (non-hydrogen) atoms. The van der Waals surface area contributed by atoms with Gasteiger partial charge in [0.05, 0.1) is 6.10 Å². The van der Waals surface area contributed by atoms with Crippen LogP contribution in [0.15, 0.2) is 52.2 Å². The van der Waals surface area contributed by atoms with Gasteiger partial charge in [-0.2, -0.15) is 9.42 Å². The Morgan fingerprint density at radius 2 is 1.94 bits per heavy atom. The summed E-state index contributed by atoms with van der Waals surface area (Å²) in [6.07, 6.45) is -0.854. The van der Waals surface area contributed by atoms with Gasteiger partial charge in [-0.25, -0.2) is 9.18 Å². The van der Waals surface area contributed by atoms with Gasteiger partial charge in [0, 0.05) is 24.2 Å². The van der Waals surface area contributed by atoms with Gasteiger partial charge in [-0.1, -0.05) is 39.0 Å². The Bertz CT molecular complexity index is 1050. The van der Waals surface area contributed by atoms with Crippen LogP contribution in [0, 0.1) is 11.8 Å². The van der Waals surface area contributed by atoms with E-state index in [2.05, 4.69) is 10.1 Å². The third kappa shape index (κ3) is 5.88. The summed E-state index contributed by atoms with van der Waals surface area (Å²) in [6, 6.07) is 9.76. The molecule has 2 heterocycles. The average Bonchev–Trinajstić information content (AvgIpc) is 2.96. The number of rotatable bonds is 9. The van der Waals surface area contributed by atoms with E-state index in [1.54, 1.807) is 31.2 Å². The number of hydrogen-bond donors (Lipinski definition) is 3. The van der Waals surface area contributed by atoms with Gasteiger partial charge in [0.15, 0.2) is 17.6 Å². The van der Waals surface area contributed by atoms with Crippen molar-refractivity contribution in [3.05, 3.63) is 63.4 Å². The number of H-pyrrole nitrogens is 1. The fraction of sp³-hybridized carbons (Fsp3) is 0.545. The molecule has 1 fully saturated rings. The largest absolute Gasteiger partial charge is 0.544 e. The molecule has 0 amide bonds. The van der Waals surface area contributed by atoms with E-state index in [-0.39, 0.29) is 18.6 Å². The second kappa shape index (κ2) is 10.0. The third-order valence-electron chi connectivity index (χ3n) is 6.09. The molecule has 0 radical (unpaired) electrons. The summed E-state index contributed by atoms with van der Waals surface area (Å²) in [6.45, 7) is 8.69. The first-order chi connectivity index (χ1) is 15.4. The smallest absolute Gasteiger partial charge is 0.348 e. The average molecular weight is 484 g/mol. The topological polar surface area (TPSA) is 115 Å². The highest BCUT2D eigenvalue weighted by Gasteiger charge is 2.55. The monoisotopic (exact) mass is 484 g/mol. The second-order valence-corrected chi connectivity index (χ2v) is 10.6. The highest BCUT2D eigenvalue weighted by molar-refractivity contribution is 7.58. The summed E-state index contributed by atoms with van der Waals surface area (Å²) in [5.74, 6) is -0.0778. The zero-order valence-corrected chi connectivity index (χ0v) is 20.3. The van der Waals surface area contributed by atoms with Crippen LogP contribution in [0.3, 0.4) is 0 Å². The zero-order valence-electron chi connectivity index (χ0n) is 19.4. The predicted molar refractivity (Wildman–Crippen MR) is 124 cm³/mol. The standard InChI is InChI=1S/C22H31FN3O6P/c1-14(2)16(4)25-33(29,32-17-9-7-6-8-10-17)30-13-18-15(3)22(5,23)20(31-18)26-12-11-19(27)24-21(26)28/h6-12,14-16,18,20,25,29H,13H2,1-5H3/p+1/t15-,16+,18-,20-,22-,33?/m1/s1. The van der Waals surface area contributed by atoms with Gasteiger partial charge in [0.25, 0.3) is 5.56 Å². The van der Waals surface area contributed by atoms with Gasteiger partial charge in [0.1, 0.15) is 6.61 Å². The van der Waals surface area contributed by atoms with Crippen molar-refractivity contribution in [1.82, 2.24) is 14.6 Å². The number of aromatic nitrogens is 2. The van der Waals surface area contributed by atoms with E-state index in [0.29, 0.717) is 5.75 Å². The molecule has 3 N–H and O–H groups in total. The van der Waals surface area contributed by atoms with E-state index in [1.165, 1.54) is 13.1 Å². The van der Waals surface area contributed by atoms with E-state index >= 15 is 4.39 Å². The van der Waals surface area contributed by atoms with Crippen molar-refractivity contribution in [2.24, 2.45) is 11.8 Å². The molecule has 6 atom stereocenters. The quantitative estimate of drug-likeness (QED) is 0.468. The summed E-state index contributed by atoms with van der Waals surface area (Å²) < 4.78 is 34.1. The zero-order chi connectivity index (χ0) is 24.4. The third-order valence-corrected chi connectivity index (χ3v) is 7.78. The van der Waals surface area contributed by atoms with Crippen molar-refractivity contribution in [2.75, 3.05) is 6.61 Å². The van der Waals surface area contributed by atoms with Gasteiger partial charge in [-0.05, 0) is 31.9 Å². The molecule has 1 aliphatic rings. The van der Waals surface area contributed by atoms with Crippen LogP contribution in [-0.4, -0.2) is 38.9 Å². The molecule has 0 saturated carbocycles. The molecule has 0 bridgehead atoms. The molecule has 3 rings (SSSR count). The first kappa shape index (κ1) is 25.5. The predicted octanol–water partition coefficient (Wildman–Crippen LogP) is 3.20. The van der Waals surface area contributed by atoms with Crippen LogP contribution in [0.1, 0.15) is 40.8 Å². The Hall–Kier alpha value is -2.10. The lowest BCUT2D eigenvalue weighted by Gasteiger charge is -2.26. The van der Waals surface area contributed by atoms with Gasteiger partial charge in [-0.15, -0.1) is 5.09 Å². The molecule has 11 heteroatoms. The summed E-state index contributed by atoms with van der Waals surface area (Å²) in [5.41, 5.74) is -3.29. The fourth-order valence-electron chi connectivity index (χ4n) is 3.43. The molecule has 0 aliphatic carbocycles. The van der Waals surface area contributed by atoms with Crippen LogP contribution < -0.4 is 20.9 Å². The molecule has 9 nitrogen and oxygen atoms in total. The van der Waals surface area contributed by atoms with Crippen LogP contribution in [0.25, 0.3) is 0 Å². The normalized spacial score (nSPS) is 27.9. The van der Waals surface area contributed by atoms with Crippen molar-refractivity contribution in [3.63, 3.8) is 0 Å². The first-order valence-electron chi connectivity index (χ1n) is 10.9. The molecule has 1 aromatic carbocycles. The lowest BCUT2D eigenvalue weighted by molar-refractivity contribution is -0.0601. The molecule has 1 aliphatic heterocycles. The Morgan fingerprint density at radius 3 is 2.55 bits per heavy atom. The van der Waals surface area contributed by atoms with Gasteiger partial charge in [0.2, 0.25) is 0 Å². The summed E-state index contributed by atoms with van der Waals surface area (Å²) in [5, 5.41) is 3.04. The number of benzene rings is 1. The maximum Gasteiger partial charge on any atom is 0.544 e. The van der Waals surface area contributed by atoms with Gasteiger partial charge in [-0.3, -0.25) is 18.9 Å². The molecular formula is C22H32FN3O6P+. The Morgan fingerprint density at radius 1 is 1.27 bits per heavy atom. The maximum atomic E-state index is 15.6. The number of halogens is 1. The number of hydrogen-bond acceptors (Lipinski definition) is 7. The van der Waals surface area contributed by atoms with Crippen LogP contribution in [0.2, 0.25) is 0 Å². The van der Waals surface area contributed by atoms with Crippen LogP contribution in [-0.2, 0) is 9.26 Å². The minimum Gasteiger partial charge on any atom is -0.348 e. The Labute approximate surface area is 192 Å². The summed E-state index contributed by atoms with van der Waals surface area (Å²) in [7, 11) is -3.60. The number of alkyl halides is 1. The molecule has 1 aromatic heterocycles. The molecule has 0 spiro atoms. The van der Waals surface area contributed by atoms with Gasteiger partial charge < -0.3 is 4.74 Å². The maximum absolute atomic E-state index is 15.6. The lowest BCUT2D eigenvalue weighted by atomic mass is 9.90. The molecule has 1 unspecified atom stereocenters. The lowest BCUT2D eigenvalue weighted by Crippen LogP contribution is -2.40. The highest BCUT2D eigenvalue weighted by atomic mass is 31.2. The summed E-state index contributed by atoms with van der Waals surface area (Å²) in [4.78, 5) is 36.9. The van der Waals surface area contributed by atoms with E-state index in [9.17, 15) is 14.5 Å². The molecule has 1 saturated heterocycles. The number of aromatic amines is 1. The van der Waals surface area contributed by atoms with Crippen LogP contribution in [0.5, 0.6) is 5.75 Å². The first-order valence-corrected chi connectivity index (χ1v) is 12.5. The number of nitrogens with zero attached hydrogens (tertiary/aromatic N) is 1. The minimum absolute atomic E-state index is 0.132. The molecule has 182 valence electrons. The van der Waals surface area contributed by atoms with Crippen molar-refractivity contribution in [1.29, 1.82) is 0 Å². The Kier molecular flexibility index (Phi) is 7.76. The fourth-order valence-corrected chi connectivity index (χ4v) is 5.18. The molecule has 2 aromatic rings. The minimum atomic E-state index is -3.60. The van der Waals surface area contributed by atoms with E-state index in [0.717, 1.165) is 10.6 Å². The number of ether oxygens (including phenoxy) is 1. The SMILES string of the molecule is CC(C)[C@H](C)N[P+](O)(OC[C@H]1O[C@@H](n2ccc(=O)[nH]c2=O)[C@](C)(F)[C@@H]1C)Oc1ccccc1. The van der Waals surface area contributed by atoms with Gasteiger partial charge >= 0.3 is 13.8 Å². The Balaban J connectivity index is 1.79. The number of para-hydroxylation sites is 1. The van der Waals surface area contributed by atoms with E-state index < -0.39 is 43.3 Å². The molecular weight excluding hydrogens is 452 g/mol. The van der Waals surface area contributed by atoms with Crippen molar-refractivity contribution in [2.45, 2.75) is 58.7 Å². The van der Waals surface area contributed by atoms with Crippen LogP contribution in [0.4, 0.5) is 4.39 Å². The van der Waals surface area contributed by atoms with Crippen molar-refractivity contribution >= 4 is 8.09 Å². The highest BCUT2D eigenvalue weighted by Crippen LogP contribution is 2.54. The van der Waals surface area contributed by atoms with Crippen molar-refractivity contribution < 1.29 is 23.1 Å². The summed E-state index contributed by atoms with van der Waals surface area (Å²) >= 11 is 0. The van der Waals surface area contributed by atoms with Crippen LogP contribution >= 0.6 is 8.09 Å². The van der Waals surface area contributed by atoms with E-state index in [4.69, 9.17) is 13.8 Å².